The molecule has 0 aliphatic carbocycles. The lowest BCUT2D eigenvalue weighted by Crippen LogP contribution is -2.43. The van der Waals surface area contributed by atoms with Crippen LogP contribution in [0.5, 0.6) is 23.0 Å². The molecule has 0 aromatic heterocycles. The molecule has 0 spiro atoms. The molecule has 8 aromatic carbocycles. The largest absolute Gasteiger partial charge is 0.493 e. The smallest absolute Gasteiger partial charge is 0.147 e. The predicted molar refractivity (Wildman–Crippen MR) is 385 cm³/mol. The van der Waals surface area contributed by atoms with E-state index in [1.54, 1.807) is 0 Å². The Labute approximate surface area is 532 Å². The van der Waals surface area contributed by atoms with E-state index in [0.29, 0.717) is 83.3 Å². The van der Waals surface area contributed by atoms with Crippen LogP contribution in [0.3, 0.4) is 0 Å². The molecule has 0 bridgehead atoms. The van der Waals surface area contributed by atoms with E-state index in [-0.39, 0.29) is 0 Å². The molecule has 0 amide bonds. The first-order valence-corrected chi connectivity index (χ1v) is 37.5. The maximum atomic E-state index is 6.78. The van der Waals surface area contributed by atoms with E-state index in [2.05, 4.69) is 282 Å². The van der Waals surface area contributed by atoms with Gasteiger partial charge in [0.1, 0.15) is 39.1 Å². The molecule has 458 valence electrons. The standard InChI is InChI=1S/C82H98O4Si2/c1-53(2)39-43-83-75-49-63(67-31-33-69-65(29-23-25-47-87(57(9)10,58(11)12)59(13)14)51-77(85-45-41-55(5)6)73-37-35-71(75)79(67)81(69)73)27-21-22-28-64-50-76(84-44-40-54(3)4)72-36-38-74-78(86-46-42-56(7)8)52-66(70-34-32-68(64)80(72)82(70)74)30-24-26-48-88(60(15)16,61(17)18)62(19)20/h31-38,49-62H,39-46H2,1-20H3. The van der Waals surface area contributed by atoms with Crippen molar-refractivity contribution in [3.8, 4) is 93.3 Å². The first-order chi connectivity index (χ1) is 41.9. The third kappa shape index (κ3) is 14.1. The van der Waals surface area contributed by atoms with E-state index < -0.39 is 16.1 Å². The van der Waals surface area contributed by atoms with Gasteiger partial charge < -0.3 is 18.9 Å². The van der Waals surface area contributed by atoms with Crippen molar-refractivity contribution in [2.24, 2.45) is 23.7 Å². The van der Waals surface area contributed by atoms with Crippen molar-refractivity contribution in [1.82, 2.24) is 0 Å². The number of hydrogen-bond donors (Lipinski definition) is 0. The van der Waals surface area contributed by atoms with E-state index in [0.717, 1.165) is 136 Å². The van der Waals surface area contributed by atoms with Crippen molar-refractivity contribution >= 4 is 80.8 Å². The molecule has 0 N–H and O–H groups in total. The Morgan fingerprint density at radius 2 is 0.466 bits per heavy atom. The van der Waals surface area contributed by atoms with Crippen molar-refractivity contribution in [3.05, 3.63) is 95.1 Å². The third-order valence-corrected chi connectivity index (χ3v) is 31.3. The summed E-state index contributed by atoms with van der Waals surface area (Å²) in [5.41, 5.74) is 14.3. The van der Waals surface area contributed by atoms with E-state index in [1.165, 1.54) is 0 Å². The van der Waals surface area contributed by atoms with Gasteiger partial charge in [-0.15, -0.1) is 11.1 Å². The highest BCUT2D eigenvalue weighted by Crippen LogP contribution is 2.47. The van der Waals surface area contributed by atoms with Gasteiger partial charge in [0.15, 0.2) is 0 Å². The minimum Gasteiger partial charge on any atom is -0.493 e. The number of hydrogen-bond acceptors (Lipinski definition) is 4. The van der Waals surface area contributed by atoms with E-state index in [1.807, 2.05) is 0 Å². The lowest BCUT2D eigenvalue weighted by atomic mass is 9.89. The molecule has 6 heteroatoms. The van der Waals surface area contributed by atoms with E-state index >= 15 is 0 Å². The monoisotopic (exact) mass is 1200 g/mol. The zero-order valence-electron chi connectivity index (χ0n) is 57.0. The maximum Gasteiger partial charge on any atom is 0.147 e. The SMILES string of the molecule is CC(C)CCOc1cc(C#CC#Cc2cc(OCCC(C)C)c3ccc4c(OCCC(C)C)cc(C#CC#C[Si](C(C)C)(C(C)C)C(C)C)c5ccc2c3c54)c2ccc3c(C#CC#C[Si](C(C)C)(C(C)C)C(C)C)cc(OCCC(C)C)c4ccc1c2c34. The zero-order valence-corrected chi connectivity index (χ0v) is 59.0. The van der Waals surface area contributed by atoms with Gasteiger partial charge in [0, 0.05) is 65.3 Å². The fraction of sp³-hybridized carbons (Fsp3) is 0.463. The summed E-state index contributed by atoms with van der Waals surface area (Å²) < 4.78 is 27.0. The molecular weight excluding hydrogens is 1110 g/mol. The second-order valence-corrected chi connectivity index (χ2v) is 39.4. The Kier molecular flexibility index (Phi) is 22.0. The summed E-state index contributed by atoms with van der Waals surface area (Å²) in [5, 5.41) is 12.7. The van der Waals surface area contributed by atoms with E-state index in [9.17, 15) is 0 Å². The maximum absolute atomic E-state index is 6.78. The Bertz CT molecular complexity index is 3870. The first kappa shape index (κ1) is 66.8. The van der Waals surface area contributed by atoms with Crippen LogP contribution < -0.4 is 18.9 Å². The Morgan fingerprint density at radius 1 is 0.273 bits per heavy atom. The summed E-state index contributed by atoms with van der Waals surface area (Å²) in [6.45, 7) is 48.4. The second kappa shape index (κ2) is 29.0. The highest BCUT2D eigenvalue weighted by molar-refractivity contribution is 6.91. The van der Waals surface area contributed by atoms with Crippen LogP contribution in [-0.4, -0.2) is 42.6 Å². The van der Waals surface area contributed by atoms with Crippen LogP contribution in [0.1, 0.15) is 186 Å². The van der Waals surface area contributed by atoms with Crippen molar-refractivity contribution in [1.29, 1.82) is 0 Å². The number of rotatable bonds is 22. The molecule has 0 atom stereocenters. The lowest BCUT2D eigenvalue weighted by molar-refractivity contribution is 0.292. The molecule has 88 heavy (non-hydrogen) atoms. The molecule has 8 rings (SSSR count). The van der Waals surface area contributed by atoms with Crippen LogP contribution in [-0.2, 0) is 0 Å². The van der Waals surface area contributed by atoms with Gasteiger partial charge in [0.25, 0.3) is 0 Å². The minimum absolute atomic E-state index is 0.483. The van der Waals surface area contributed by atoms with Gasteiger partial charge in [0.05, 0.1) is 26.4 Å². The third-order valence-electron chi connectivity index (χ3n) is 18.7. The van der Waals surface area contributed by atoms with Crippen LogP contribution in [0.4, 0.5) is 0 Å². The summed E-state index contributed by atoms with van der Waals surface area (Å²) in [6, 6.07) is 26.1. The normalized spacial score (nSPS) is 12.0. The van der Waals surface area contributed by atoms with Gasteiger partial charge in [-0.05, 0) is 188 Å². The van der Waals surface area contributed by atoms with Crippen molar-refractivity contribution in [2.75, 3.05) is 26.4 Å². The molecule has 0 saturated heterocycles. The summed E-state index contributed by atoms with van der Waals surface area (Å²) in [5.74, 6) is 39.8. The first-order valence-electron chi connectivity index (χ1n) is 33.1. The van der Waals surface area contributed by atoms with Gasteiger partial charge in [-0.1, -0.05) is 186 Å². The van der Waals surface area contributed by atoms with Crippen molar-refractivity contribution < 1.29 is 18.9 Å². The molecule has 4 nitrogen and oxygen atoms in total. The number of ether oxygens (including phenoxy) is 4. The molecule has 0 saturated carbocycles. The van der Waals surface area contributed by atoms with Gasteiger partial charge in [-0.3, -0.25) is 0 Å². The number of benzene rings is 8. The molecule has 8 aromatic rings. The summed E-state index contributed by atoms with van der Waals surface area (Å²) in [7, 11) is -3.96. The summed E-state index contributed by atoms with van der Waals surface area (Å²) in [6.07, 6.45) is 3.73. The molecule has 0 aliphatic heterocycles. The van der Waals surface area contributed by atoms with Crippen LogP contribution in [0, 0.1) is 94.0 Å². The molecule has 0 fully saturated rings. The highest BCUT2D eigenvalue weighted by Gasteiger charge is 2.43. The van der Waals surface area contributed by atoms with Crippen molar-refractivity contribution in [2.45, 2.75) is 197 Å². The van der Waals surface area contributed by atoms with Crippen LogP contribution >= 0.6 is 0 Å². The predicted octanol–water partition coefficient (Wildman–Crippen LogP) is 21.7. The molecule has 0 radical (unpaired) electrons. The molecule has 0 unspecified atom stereocenters. The van der Waals surface area contributed by atoms with Crippen LogP contribution in [0.25, 0.3) is 64.6 Å². The Balaban J connectivity index is 1.33. The van der Waals surface area contributed by atoms with Crippen LogP contribution in [0.2, 0.25) is 33.2 Å². The van der Waals surface area contributed by atoms with Crippen LogP contribution in [0.15, 0.2) is 72.8 Å². The fourth-order valence-electron chi connectivity index (χ4n) is 13.9. The fourth-order valence-corrected chi connectivity index (χ4v) is 24.2. The summed E-state index contributed by atoms with van der Waals surface area (Å²) >= 11 is 0. The average Bonchev–Trinajstić information content (AvgIpc) is 0.745. The van der Waals surface area contributed by atoms with Gasteiger partial charge in [-0.25, -0.2) is 0 Å². The lowest BCUT2D eigenvalue weighted by Gasteiger charge is -2.37. The Morgan fingerprint density at radius 3 is 0.659 bits per heavy atom. The molecule has 0 aliphatic rings. The minimum atomic E-state index is -1.98. The Hall–Kier alpha value is -7.17. The quantitative estimate of drug-likeness (QED) is 0.0385. The summed E-state index contributed by atoms with van der Waals surface area (Å²) in [4.78, 5) is 0. The topological polar surface area (TPSA) is 36.9 Å². The second-order valence-electron chi connectivity index (χ2n) is 28.2. The van der Waals surface area contributed by atoms with E-state index in [4.69, 9.17) is 18.9 Å². The van der Waals surface area contributed by atoms with Gasteiger partial charge in [-0.2, -0.15) is 0 Å². The average molecular weight is 1200 g/mol. The zero-order chi connectivity index (χ0) is 63.8. The molecule has 0 heterocycles. The highest BCUT2D eigenvalue weighted by atomic mass is 28.3. The van der Waals surface area contributed by atoms with Gasteiger partial charge in [0.2, 0.25) is 0 Å². The van der Waals surface area contributed by atoms with Gasteiger partial charge >= 0.3 is 0 Å². The van der Waals surface area contributed by atoms with Crippen molar-refractivity contribution in [3.63, 3.8) is 0 Å². The molecular formula is C82H98O4Si2.